The number of carbonyl (C=O) groups is 1. The van der Waals surface area contributed by atoms with Gasteiger partial charge in [-0.2, -0.15) is 0 Å². The van der Waals surface area contributed by atoms with E-state index in [1.165, 1.54) is 6.07 Å². The molecule has 0 saturated carbocycles. The van der Waals surface area contributed by atoms with Crippen molar-refractivity contribution >= 4 is 23.0 Å². The van der Waals surface area contributed by atoms with E-state index < -0.39 is 5.97 Å². The van der Waals surface area contributed by atoms with Gasteiger partial charge in [0.2, 0.25) is 0 Å². The number of hydrogen-bond acceptors (Lipinski definition) is 5. The topological polar surface area (TPSA) is 93.8 Å². The van der Waals surface area contributed by atoms with Crippen LogP contribution in [-0.4, -0.2) is 25.3 Å². The van der Waals surface area contributed by atoms with Crippen LogP contribution in [0.2, 0.25) is 0 Å². The lowest BCUT2D eigenvalue weighted by atomic mass is 10.1. The van der Waals surface area contributed by atoms with E-state index in [1.807, 2.05) is 0 Å². The fourth-order valence-electron chi connectivity index (χ4n) is 1.90. The number of methoxy groups -OCH3 is 2. The maximum atomic E-state index is 11.1. The number of nitrogen functional groups attached to an aromatic ring is 1. The molecule has 2 aromatic carbocycles. The number of nitrogens with two attached hydrogens (primary N) is 1. The van der Waals surface area contributed by atoms with E-state index in [9.17, 15) is 4.79 Å². The van der Waals surface area contributed by atoms with Crippen molar-refractivity contribution in [2.75, 3.05) is 25.3 Å². The van der Waals surface area contributed by atoms with Crippen LogP contribution < -0.4 is 20.5 Å². The van der Waals surface area contributed by atoms with Gasteiger partial charge in [-0.1, -0.05) is 0 Å². The minimum atomic E-state index is -1.07. The summed E-state index contributed by atoms with van der Waals surface area (Å²) in [4.78, 5) is 11.1. The minimum absolute atomic E-state index is 0.0560. The van der Waals surface area contributed by atoms with Crippen molar-refractivity contribution in [2.24, 2.45) is 0 Å². The molecule has 0 amide bonds. The molecule has 0 radical (unpaired) electrons. The van der Waals surface area contributed by atoms with Crippen molar-refractivity contribution in [3.63, 3.8) is 0 Å². The number of benzene rings is 2. The molecule has 2 rings (SSSR count). The number of carboxylic acid groups (broad SMARTS) is 1. The van der Waals surface area contributed by atoms with Crippen LogP contribution in [0.4, 0.5) is 17.1 Å². The second-order valence-corrected chi connectivity index (χ2v) is 4.30. The number of aromatic carboxylic acids is 1. The van der Waals surface area contributed by atoms with E-state index in [1.54, 1.807) is 44.6 Å². The summed E-state index contributed by atoms with van der Waals surface area (Å²) in [7, 11) is 3.11. The normalized spacial score (nSPS) is 10.0. The van der Waals surface area contributed by atoms with Gasteiger partial charge < -0.3 is 25.6 Å². The molecule has 0 atom stereocenters. The van der Waals surface area contributed by atoms with E-state index in [0.717, 1.165) is 5.69 Å². The molecule has 2 aromatic rings. The Morgan fingerprint density at radius 1 is 1.05 bits per heavy atom. The molecule has 0 bridgehead atoms. The van der Waals surface area contributed by atoms with Crippen LogP contribution in [0.3, 0.4) is 0 Å². The fourth-order valence-corrected chi connectivity index (χ4v) is 1.90. The third-order valence-electron chi connectivity index (χ3n) is 2.96. The molecule has 0 aromatic heterocycles. The lowest BCUT2D eigenvalue weighted by Crippen LogP contribution is -2.03. The number of rotatable bonds is 5. The van der Waals surface area contributed by atoms with Crippen molar-refractivity contribution in [1.29, 1.82) is 0 Å². The molecule has 0 fully saturated rings. The Balaban J connectivity index is 2.30. The summed E-state index contributed by atoms with van der Waals surface area (Å²) in [6, 6.07) is 10.1. The molecular weight excluding hydrogens is 272 g/mol. The summed E-state index contributed by atoms with van der Waals surface area (Å²) in [5.74, 6) is 0.131. The highest BCUT2D eigenvalue weighted by atomic mass is 16.5. The second-order valence-electron chi connectivity index (χ2n) is 4.30. The predicted octanol–water partition coefficient (Wildman–Crippen LogP) is 2.73. The van der Waals surface area contributed by atoms with Crippen LogP contribution in [0, 0.1) is 0 Å². The van der Waals surface area contributed by atoms with Gasteiger partial charge in [0.25, 0.3) is 0 Å². The lowest BCUT2D eigenvalue weighted by molar-refractivity contribution is 0.0698. The lowest BCUT2D eigenvalue weighted by Gasteiger charge is -2.12. The maximum absolute atomic E-state index is 11.1. The molecule has 6 heteroatoms. The van der Waals surface area contributed by atoms with Crippen LogP contribution in [0.15, 0.2) is 36.4 Å². The van der Waals surface area contributed by atoms with E-state index >= 15 is 0 Å². The summed E-state index contributed by atoms with van der Waals surface area (Å²) >= 11 is 0. The van der Waals surface area contributed by atoms with Crippen molar-refractivity contribution in [3.8, 4) is 11.5 Å². The van der Waals surface area contributed by atoms with Crippen molar-refractivity contribution in [3.05, 3.63) is 42.0 Å². The largest absolute Gasteiger partial charge is 0.493 e. The van der Waals surface area contributed by atoms with Crippen LogP contribution >= 0.6 is 0 Å². The molecule has 0 aliphatic carbocycles. The molecule has 0 aliphatic rings. The van der Waals surface area contributed by atoms with Crippen LogP contribution in [-0.2, 0) is 0 Å². The highest BCUT2D eigenvalue weighted by molar-refractivity contribution is 5.95. The Morgan fingerprint density at radius 3 is 2.29 bits per heavy atom. The standard InChI is InChI=1S/C15H16N2O4/c1-20-13-6-4-10(8-14(13)21-2)17-9-3-5-12(16)11(7-9)15(18)19/h3-8,17H,16H2,1-2H3,(H,18,19). The molecule has 4 N–H and O–H groups in total. The Labute approximate surface area is 122 Å². The Morgan fingerprint density at radius 2 is 1.67 bits per heavy atom. The molecule has 0 unspecified atom stereocenters. The van der Waals surface area contributed by atoms with Crippen molar-refractivity contribution in [1.82, 2.24) is 0 Å². The first kappa shape index (κ1) is 14.5. The molecule has 0 aliphatic heterocycles. The molecular formula is C15H16N2O4. The number of hydrogen-bond donors (Lipinski definition) is 3. The van der Waals surface area contributed by atoms with E-state index in [0.29, 0.717) is 17.2 Å². The van der Waals surface area contributed by atoms with Crippen molar-refractivity contribution < 1.29 is 19.4 Å². The Hall–Kier alpha value is -2.89. The minimum Gasteiger partial charge on any atom is -0.493 e. The molecule has 0 saturated heterocycles. The van der Waals surface area contributed by atoms with Gasteiger partial charge in [0.15, 0.2) is 11.5 Å². The van der Waals surface area contributed by atoms with E-state index in [-0.39, 0.29) is 11.3 Å². The highest BCUT2D eigenvalue weighted by Gasteiger charge is 2.09. The molecule has 0 spiro atoms. The smallest absolute Gasteiger partial charge is 0.337 e. The van der Waals surface area contributed by atoms with Crippen molar-refractivity contribution in [2.45, 2.75) is 0 Å². The van der Waals surface area contributed by atoms with Gasteiger partial charge in [-0.3, -0.25) is 0 Å². The zero-order chi connectivity index (χ0) is 15.4. The molecule has 110 valence electrons. The average Bonchev–Trinajstić information content (AvgIpc) is 2.48. The second kappa shape index (κ2) is 6.04. The molecule has 21 heavy (non-hydrogen) atoms. The van der Waals surface area contributed by atoms with Gasteiger partial charge >= 0.3 is 5.97 Å². The third kappa shape index (κ3) is 3.17. The van der Waals surface area contributed by atoms with Gasteiger partial charge in [0, 0.05) is 23.1 Å². The zero-order valence-electron chi connectivity index (χ0n) is 11.7. The number of carboxylic acids is 1. The number of anilines is 3. The third-order valence-corrected chi connectivity index (χ3v) is 2.96. The van der Waals surface area contributed by atoms with Crippen LogP contribution in [0.5, 0.6) is 11.5 Å². The monoisotopic (exact) mass is 288 g/mol. The first-order valence-corrected chi connectivity index (χ1v) is 6.17. The average molecular weight is 288 g/mol. The highest BCUT2D eigenvalue weighted by Crippen LogP contribution is 2.31. The number of ether oxygens (including phenoxy) is 2. The van der Waals surface area contributed by atoms with Gasteiger partial charge in [0.05, 0.1) is 19.8 Å². The fraction of sp³-hybridized carbons (Fsp3) is 0.133. The SMILES string of the molecule is COc1ccc(Nc2ccc(N)c(C(=O)O)c2)cc1OC. The van der Waals surface area contributed by atoms with Crippen LogP contribution in [0.25, 0.3) is 0 Å². The Kier molecular flexibility index (Phi) is 4.18. The number of nitrogens with one attached hydrogen (secondary N) is 1. The quantitative estimate of drug-likeness (QED) is 0.732. The predicted molar refractivity (Wildman–Crippen MR) is 80.6 cm³/mol. The summed E-state index contributed by atoms with van der Waals surface area (Å²) in [5, 5.41) is 12.2. The van der Waals surface area contributed by atoms with Gasteiger partial charge in [-0.05, 0) is 30.3 Å². The van der Waals surface area contributed by atoms with Gasteiger partial charge in [0.1, 0.15) is 0 Å². The Bertz CT molecular complexity index is 671. The first-order chi connectivity index (χ1) is 10.0. The summed E-state index contributed by atoms with van der Waals surface area (Å²) in [6.45, 7) is 0. The van der Waals surface area contributed by atoms with Gasteiger partial charge in [-0.25, -0.2) is 4.79 Å². The van der Waals surface area contributed by atoms with E-state index in [2.05, 4.69) is 5.32 Å². The van der Waals surface area contributed by atoms with E-state index in [4.69, 9.17) is 20.3 Å². The van der Waals surface area contributed by atoms with Gasteiger partial charge in [-0.15, -0.1) is 0 Å². The summed E-state index contributed by atoms with van der Waals surface area (Å²) in [5.41, 5.74) is 7.26. The summed E-state index contributed by atoms with van der Waals surface area (Å²) in [6.07, 6.45) is 0. The zero-order valence-corrected chi connectivity index (χ0v) is 11.7. The first-order valence-electron chi connectivity index (χ1n) is 6.17. The maximum Gasteiger partial charge on any atom is 0.337 e. The molecule has 0 heterocycles. The summed E-state index contributed by atoms with van der Waals surface area (Å²) < 4.78 is 10.4. The van der Waals surface area contributed by atoms with Crippen LogP contribution in [0.1, 0.15) is 10.4 Å². The molecule has 6 nitrogen and oxygen atoms in total.